The molecule has 1 aliphatic rings. The maximum atomic E-state index is 13.3. The third-order valence-corrected chi connectivity index (χ3v) is 2.75. The van der Waals surface area contributed by atoms with E-state index >= 15 is 0 Å². The Labute approximate surface area is 78.0 Å². The second-order valence-electron chi connectivity index (χ2n) is 3.81. The Balaban J connectivity index is 2.51. The van der Waals surface area contributed by atoms with Crippen molar-refractivity contribution in [3.05, 3.63) is 34.6 Å². The minimum Gasteiger partial charge on any atom is -0.310 e. The highest BCUT2D eigenvalue weighted by atomic mass is 19.1. The smallest absolute Gasteiger partial charge is 0.127 e. The van der Waals surface area contributed by atoms with Crippen LogP contribution in [0.3, 0.4) is 0 Å². The predicted octanol–water partition coefficient (Wildman–Crippen LogP) is 2.17. The van der Waals surface area contributed by atoms with Crippen molar-refractivity contribution in [2.75, 3.05) is 0 Å². The van der Waals surface area contributed by atoms with Crippen LogP contribution in [0.25, 0.3) is 0 Å². The molecule has 0 aromatic heterocycles. The molecule has 0 aliphatic carbocycles. The van der Waals surface area contributed by atoms with E-state index in [1.165, 1.54) is 11.1 Å². The second-order valence-corrected chi connectivity index (χ2v) is 3.81. The number of hydrogen-bond acceptors (Lipinski definition) is 1. The number of fused-ring (bicyclic) bond motifs is 1. The summed E-state index contributed by atoms with van der Waals surface area (Å²) in [5.74, 6) is -0.0694. The molecule has 70 valence electrons. The lowest BCUT2D eigenvalue weighted by atomic mass is 9.92. The van der Waals surface area contributed by atoms with Gasteiger partial charge in [0, 0.05) is 18.2 Å². The van der Waals surface area contributed by atoms with Crippen molar-refractivity contribution in [3.63, 3.8) is 0 Å². The number of benzene rings is 1. The van der Waals surface area contributed by atoms with E-state index < -0.39 is 0 Å². The van der Waals surface area contributed by atoms with E-state index in [0.717, 1.165) is 12.0 Å². The summed E-state index contributed by atoms with van der Waals surface area (Å²) in [5, 5.41) is 3.27. The molecule has 0 bridgehead atoms. The number of aryl methyl sites for hydroxylation is 1. The van der Waals surface area contributed by atoms with Crippen molar-refractivity contribution >= 4 is 0 Å². The Morgan fingerprint density at radius 3 is 2.92 bits per heavy atom. The van der Waals surface area contributed by atoms with Crippen LogP contribution in [0.4, 0.5) is 4.39 Å². The van der Waals surface area contributed by atoms with Crippen LogP contribution in [-0.2, 0) is 13.0 Å². The lowest BCUT2D eigenvalue weighted by Gasteiger charge is -2.24. The van der Waals surface area contributed by atoms with E-state index in [9.17, 15) is 4.39 Å². The molecule has 1 aromatic rings. The van der Waals surface area contributed by atoms with Crippen LogP contribution in [0.2, 0.25) is 0 Å². The topological polar surface area (TPSA) is 12.0 Å². The van der Waals surface area contributed by atoms with Gasteiger partial charge in [0.15, 0.2) is 0 Å². The van der Waals surface area contributed by atoms with E-state index in [4.69, 9.17) is 0 Å². The molecule has 0 fully saturated rings. The summed E-state index contributed by atoms with van der Waals surface area (Å²) in [4.78, 5) is 0. The Hall–Kier alpha value is -0.890. The zero-order valence-corrected chi connectivity index (χ0v) is 8.02. The molecule has 2 rings (SSSR count). The highest BCUT2D eigenvalue weighted by Gasteiger charge is 2.18. The quantitative estimate of drug-likeness (QED) is 0.643. The fourth-order valence-corrected chi connectivity index (χ4v) is 1.91. The Kier molecular flexibility index (Phi) is 2.08. The van der Waals surface area contributed by atoms with Gasteiger partial charge in [-0.05, 0) is 37.5 Å². The van der Waals surface area contributed by atoms with Gasteiger partial charge in [-0.25, -0.2) is 4.39 Å². The SMILES string of the molecule is Cc1ccc(F)c2c1CC(C)NC2. The first kappa shape index (κ1) is 8.70. The zero-order chi connectivity index (χ0) is 9.42. The van der Waals surface area contributed by atoms with Crippen LogP contribution in [0.5, 0.6) is 0 Å². The molecular weight excluding hydrogens is 165 g/mol. The van der Waals surface area contributed by atoms with Gasteiger partial charge in [0.25, 0.3) is 0 Å². The van der Waals surface area contributed by atoms with Gasteiger partial charge >= 0.3 is 0 Å². The Morgan fingerprint density at radius 2 is 2.15 bits per heavy atom. The summed E-state index contributed by atoms with van der Waals surface area (Å²) in [6.45, 7) is 4.85. The van der Waals surface area contributed by atoms with E-state index in [1.807, 2.05) is 6.07 Å². The summed E-state index contributed by atoms with van der Waals surface area (Å²) >= 11 is 0. The molecule has 1 N–H and O–H groups in total. The molecule has 2 heteroatoms. The monoisotopic (exact) mass is 179 g/mol. The minimum atomic E-state index is -0.0694. The molecule has 13 heavy (non-hydrogen) atoms. The van der Waals surface area contributed by atoms with Crippen LogP contribution in [0, 0.1) is 12.7 Å². The average Bonchev–Trinajstić information content (AvgIpc) is 2.12. The lowest BCUT2D eigenvalue weighted by molar-refractivity contribution is 0.488. The van der Waals surface area contributed by atoms with Crippen LogP contribution < -0.4 is 5.32 Å². The Bertz CT molecular complexity index is 333. The lowest BCUT2D eigenvalue weighted by Crippen LogP contribution is -2.33. The van der Waals surface area contributed by atoms with Crippen molar-refractivity contribution < 1.29 is 4.39 Å². The van der Waals surface area contributed by atoms with Crippen molar-refractivity contribution in [3.8, 4) is 0 Å². The third kappa shape index (κ3) is 1.46. The minimum absolute atomic E-state index is 0.0694. The van der Waals surface area contributed by atoms with Gasteiger partial charge in [-0.1, -0.05) is 6.07 Å². The number of rotatable bonds is 0. The molecule has 1 unspecified atom stereocenters. The summed E-state index contributed by atoms with van der Waals surface area (Å²) in [6, 6.07) is 3.89. The van der Waals surface area contributed by atoms with E-state index in [-0.39, 0.29) is 5.82 Å². The predicted molar refractivity (Wildman–Crippen MR) is 51.1 cm³/mol. The normalized spacial score (nSPS) is 21.3. The first-order valence-corrected chi connectivity index (χ1v) is 4.68. The molecule has 1 aromatic carbocycles. The largest absolute Gasteiger partial charge is 0.310 e. The van der Waals surface area contributed by atoms with Crippen LogP contribution in [0.15, 0.2) is 12.1 Å². The average molecular weight is 179 g/mol. The fraction of sp³-hybridized carbons (Fsp3) is 0.455. The molecule has 1 aliphatic heterocycles. The highest BCUT2D eigenvalue weighted by molar-refractivity contribution is 5.37. The first-order valence-electron chi connectivity index (χ1n) is 4.68. The van der Waals surface area contributed by atoms with Crippen molar-refractivity contribution in [2.24, 2.45) is 0 Å². The summed E-state index contributed by atoms with van der Waals surface area (Å²) in [7, 11) is 0. The van der Waals surface area contributed by atoms with Gasteiger partial charge in [0.2, 0.25) is 0 Å². The summed E-state index contributed by atoms with van der Waals surface area (Å²) in [5.41, 5.74) is 3.27. The summed E-state index contributed by atoms with van der Waals surface area (Å²) in [6.07, 6.45) is 0.943. The van der Waals surface area contributed by atoms with Crippen LogP contribution in [-0.4, -0.2) is 6.04 Å². The highest BCUT2D eigenvalue weighted by Crippen LogP contribution is 2.22. The van der Waals surface area contributed by atoms with Gasteiger partial charge in [-0.15, -0.1) is 0 Å². The van der Waals surface area contributed by atoms with E-state index in [1.54, 1.807) is 6.07 Å². The second kappa shape index (κ2) is 3.11. The molecule has 1 heterocycles. The maximum Gasteiger partial charge on any atom is 0.127 e. The van der Waals surface area contributed by atoms with Gasteiger partial charge in [-0.2, -0.15) is 0 Å². The van der Waals surface area contributed by atoms with Crippen molar-refractivity contribution in [1.82, 2.24) is 5.32 Å². The molecule has 1 atom stereocenters. The molecular formula is C11H14FN. The standard InChI is InChI=1S/C11H14FN/c1-7-3-4-11(12)10-6-13-8(2)5-9(7)10/h3-4,8,13H,5-6H2,1-2H3. The fourth-order valence-electron chi connectivity index (χ4n) is 1.91. The number of hydrogen-bond donors (Lipinski definition) is 1. The van der Waals surface area contributed by atoms with Crippen molar-refractivity contribution in [1.29, 1.82) is 0 Å². The zero-order valence-electron chi connectivity index (χ0n) is 8.02. The summed E-state index contributed by atoms with van der Waals surface area (Å²) < 4.78 is 13.3. The molecule has 0 saturated carbocycles. The van der Waals surface area contributed by atoms with Gasteiger partial charge in [0.1, 0.15) is 5.82 Å². The van der Waals surface area contributed by atoms with Crippen molar-refractivity contribution in [2.45, 2.75) is 32.9 Å². The maximum absolute atomic E-state index is 13.3. The Morgan fingerprint density at radius 1 is 1.38 bits per heavy atom. The molecule has 0 spiro atoms. The first-order chi connectivity index (χ1) is 6.18. The van der Waals surface area contributed by atoms with Crippen LogP contribution in [0.1, 0.15) is 23.6 Å². The van der Waals surface area contributed by atoms with Gasteiger partial charge < -0.3 is 5.32 Å². The van der Waals surface area contributed by atoms with E-state index in [2.05, 4.69) is 19.2 Å². The molecule has 1 nitrogen and oxygen atoms in total. The molecule has 0 amide bonds. The number of nitrogens with one attached hydrogen (secondary N) is 1. The number of halogens is 1. The van der Waals surface area contributed by atoms with E-state index in [0.29, 0.717) is 12.6 Å². The van der Waals surface area contributed by atoms with Gasteiger partial charge in [0.05, 0.1) is 0 Å². The van der Waals surface area contributed by atoms with Crippen LogP contribution >= 0.6 is 0 Å². The van der Waals surface area contributed by atoms with Gasteiger partial charge in [-0.3, -0.25) is 0 Å². The molecule has 0 radical (unpaired) electrons. The molecule has 0 saturated heterocycles. The third-order valence-electron chi connectivity index (χ3n) is 2.75.